The highest BCUT2D eigenvalue weighted by Crippen LogP contribution is 2.34. The van der Waals surface area contributed by atoms with Crippen LogP contribution in [-0.2, 0) is 27.2 Å². The predicted molar refractivity (Wildman–Crippen MR) is 155 cm³/mol. The Kier molecular flexibility index (Phi) is 10.3. The zero-order chi connectivity index (χ0) is 28.3. The molecule has 7 nitrogen and oxygen atoms in total. The minimum absolute atomic E-state index is 0.178. The van der Waals surface area contributed by atoms with Gasteiger partial charge in [0, 0.05) is 12.5 Å². The van der Waals surface area contributed by atoms with Gasteiger partial charge in [0.05, 0.1) is 18.7 Å². The molecule has 1 heterocycles. The predicted octanol–water partition coefficient (Wildman–Crippen LogP) is 5.28. The normalized spacial score (nSPS) is 16.7. The Hall–Kier alpha value is -4.13. The van der Waals surface area contributed by atoms with E-state index < -0.39 is 23.8 Å². The maximum Gasteiger partial charge on any atom is 0.306 e. The molecule has 40 heavy (non-hydrogen) atoms. The number of para-hydroxylation sites is 2. The van der Waals surface area contributed by atoms with E-state index in [-0.39, 0.29) is 11.8 Å². The molecule has 2 amide bonds. The lowest BCUT2D eigenvalue weighted by Gasteiger charge is -2.34. The number of nitrogens with zero attached hydrogens (tertiary/aromatic N) is 1. The number of rotatable bonds is 12. The van der Waals surface area contributed by atoms with E-state index in [0.717, 1.165) is 24.0 Å². The van der Waals surface area contributed by atoms with Crippen LogP contribution in [0.5, 0.6) is 5.75 Å². The van der Waals surface area contributed by atoms with Crippen LogP contribution in [0, 0.1) is 11.8 Å². The lowest BCUT2D eigenvalue weighted by Crippen LogP contribution is -2.51. The first-order valence-corrected chi connectivity index (χ1v) is 14.0. The van der Waals surface area contributed by atoms with Crippen molar-refractivity contribution in [2.45, 2.75) is 51.0 Å². The molecule has 4 rings (SSSR count). The summed E-state index contributed by atoms with van der Waals surface area (Å²) in [5.74, 6) is -1.89. The zero-order valence-corrected chi connectivity index (χ0v) is 23.0. The monoisotopic (exact) mass is 542 g/mol. The van der Waals surface area contributed by atoms with Gasteiger partial charge in [-0.25, -0.2) is 0 Å². The number of amides is 2. The van der Waals surface area contributed by atoms with E-state index in [9.17, 15) is 19.5 Å². The summed E-state index contributed by atoms with van der Waals surface area (Å²) < 4.78 is 5.62. The second-order valence-electron chi connectivity index (χ2n) is 10.4. The quantitative estimate of drug-likeness (QED) is 0.325. The molecule has 0 unspecified atom stereocenters. The lowest BCUT2D eigenvalue weighted by atomic mass is 9.86. The summed E-state index contributed by atoms with van der Waals surface area (Å²) >= 11 is 0. The van der Waals surface area contributed by atoms with Crippen molar-refractivity contribution in [1.29, 1.82) is 0 Å². The third kappa shape index (κ3) is 7.50. The average molecular weight is 543 g/mol. The third-order valence-corrected chi connectivity index (χ3v) is 7.61. The number of carboxylic acid groups (broad SMARTS) is 1. The Labute approximate surface area is 236 Å². The van der Waals surface area contributed by atoms with Crippen molar-refractivity contribution in [1.82, 2.24) is 5.32 Å². The molecule has 3 aromatic rings. The summed E-state index contributed by atoms with van der Waals surface area (Å²) in [6, 6.07) is 25.9. The minimum atomic E-state index is -0.875. The van der Waals surface area contributed by atoms with E-state index in [2.05, 4.69) is 5.32 Å². The number of carbonyl (C=O) groups is 3. The molecule has 210 valence electrons. The zero-order valence-electron chi connectivity index (χ0n) is 23.0. The van der Waals surface area contributed by atoms with E-state index in [4.69, 9.17) is 4.74 Å². The number of hydrogen-bond donors (Lipinski definition) is 2. The Balaban J connectivity index is 1.68. The molecular formula is C33H38N2O5. The van der Waals surface area contributed by atoms with Crippen molar-refractivity contribution < 1.29 is 24.2 Å². The standard InChI is InChI=1S/C33H38N2O5/c1-40-30-18-9-8-16-28(30)35(29-17-10-11-21-34-31(29)36)32(37)26(22-24-12-4-2-5-13-24)19-20-27(33(38)39)23-25-14-6-3-7-15-25/h2-9,12-16,18,26-27,29H,10-11,17,19-23H2,1H3,(H,34,36)(H,38,39)/t26-,27-,29+/m1/s1. The summed E-state index contributed by atoms with van der Waals surface area (Å²) in [7, 11) is 1.55. The van der Waals surface area contributed by atoms with Crippen LogP contribution in [0.25, 0.3) is 0 Å². The number of ether oxygens (including phenoxy) is 1. The first-order valence-electron chi connectivity index (χ1n) is 14.0. The molecule has 0 spiro atoms. The smallest absolute Gasteiger partial charge is 0.306 e. The van der Waals surface area contributed by atoms with Crippen LogP contribution in [0.3, 0.4) is 0 Å². The van der Waals surface area contributed by atoms with Crippen molar-refractivity contribution in [3.8, 4) is 5.75 Å². The minimum Gasteiger partial charge on any atom is -0.495 e. The van der Waals surface area contributed by atoms with Crippen LogP contribution in [0.15, 0.2) is 84.9 Å². The van der Waals surface area contributed by atoms with Crippen LogP contribution in [0.2, 0.25) is 0 Å². The van der Waals surface area contributed by atoms with Gasteiger partial charge < -0.3 is 15.2 Å². The molecule has 3 atom stereocenters. The van der Waals surface area contributed by atoms with Crippen LogP contribution < -0.4 is 15.0 Å². The van der Waals surface area contributed by atoms with Gasteiger partial charge in [0.2, 0.25) is 11.8 Å². The first-order chi connectivity index (χ1) is 19.5. The highest BCUT2D eigenvalue weighted by molar-refractivity contribution is 6.03. The molecule has 0 saturated carbocycles. The van der Waals surface area contributed by atoms with Crippen molar-refractivity contribution in [2.24, 2.45) is 11.8 Å². The van der Waals surface area contributed by atoms with E-state index in [0.29, 0.717) is 50.1 Å². The average Bonchev–Trinajstić information content (AvgIpc) is 3.19. The molecule has 0 aromatic heterocycles. The molecule has 1 saturated heterocycles. The molecule has 2 N–H and O–H groups in total. The fourth-order valence-electron chi connectivity index (χ4n) is 5.46. The SMILES string of the molecule is COc1ccccc1N(C(=O)[C@H](CC[C@H](Cc1ccccc1)C(=O)O)Cc1ccccc1)[C@H]1CCCCNC1=O. The topological polar surface area (TPSA) is 95.9 Å². The van der Waals surface area contributed by atoms with Gasteiger partial charge in [-0.15, -0.1) is 0 Å². The second-order valence-corrected chi connectivity index (χ2v) is 10.4. The number of hydrogen-bond acceptors (Lipinski definition) is 4. The molecule has 0 radical (unpaired) electrons. The summed E-state index contributed by atoms with van der Waals surface area (Å²) in [6.07, 6.45) is 3.75. The van der Waals surface area contributed by atoms with Gasteiger partial charge in [-0.1, -0.05) is 72.8 Å². The summed E-state index contributed by atoms with van der Waals surface area (Å²) in [4.78, 5) is 41.7. The molecule has 3 aromatic carbocycles. The van der Waals surface area contributed by atoms with E-state index in [1.807, 2.05) is 78.9 Å². The second kappa shape index (κ2) is 14.3. The van der Waals surface area contributed by atoms with Gasteiger partial charge in [0.25, 0.3) is 0 Å². The summed E-state index contributed by atoms with van der Waals surface area (Å²) in [5.41, 5.74) is 2.49. The number of methoxy groups -OCH3 is 1. The maximum absolute atomic E-state index is 14.6. The largest absolute Gasteiger partial charge is 0.495 e. The van der Waals surface area contributed by atoms with Gasteiger partial charge in [-0.05, 0) is 68.2 Å². The molecule has 1 fully saturated rings. The number of benzene rings is 3. The van der Waals surface area contributed by atoms with Crippen LogP contribution in [0.1, 0.15) is 43.2 Å². The van der Waals surface area contributed by atoms with Gasteiger partial charge in [-0.2, -0.15) is 0 Å². The molecule has 0 bridgehead atoms. The third-order valence-electron chi connectivity index (χ3n) is 7.61. The van der Waals surface area contributed by atoms with E-state index in [1.54, 1.807) is 18.1 Å². The Morgan fingerprint density at radius 2 is 1.45 bits per heavy atom. The van der Waals surface area contributed by atoms with Crippen molar-refractivity contribution in [3.63, 3.8) is 0 Å². The van der Waals surface area contributed by atoms with Gasteiger partial charge in [0.15, 0.2) is 0 Å². The molecule has 1 aliphatic heterocycles. The van der Waals surface area contributed by atoms with E-state index >= 15 is 0 Å². The fourth-order valence-corrected chi connectivity index (χ4v) is 5.46. The Morgan fingerprint density at radius 1 is 0.875 bits per heavy atom. The molecule has 0 aliphatic carbocycles. The first kappa shape index (κ1) is 28.9. The number of anilines is 1. The van der Waals surface area contributed by atoms with Crippen LogP contribution in [0.4, 0.5) is 5.69 Å². The number of nitrogens with one attached hydrogen (secondary N) is 1. The summed E-state index contributed by atoms with van der Waals surface area (Å²) in [5, 5.41) is 13.0. The highest BCUT2D eigenvalue weighted by atomic mass is 16.5. The lowest BCUT2D eigenvalue weighted by molar-refractivity contribution is -0.142. The Bertz CT molecular complexity index is 1260. The fraction of sp³-hybridized carbons (Fsp3) is 0.364. The van der Waals surface area contributed by atoms with Gasteiger partial charge in [-0.3, -0.25) is 19.3 Å². The van der Waals surface area contributed by atoms with Crippen molar-refractivity contribution >= 4 is 23.5 Å². The van der Waals surface area contributed by atoms with Gasteiger partial charge >= 0.3 is 5.97 Å². The molecule has 7 heteroatoms. The molecular weight excluding hydrogens is 504 g/mol. The van der Waals surface area contributed by atoms with Crippen molar-refractivity contribution in [2.75, 3.05) is 18.6 Å². The maximum atomic E-state index is 14.6. The summed E-state index contributed by atoms with van der Waals surface area (Å²) in [6.45, 7) is 0.580. The van der Waals surface area contributed by atoms with Crippen molar-refractivity contribution in [3.05, 3.63) is 96.1 Å². The number of carbonyl (C=O) groups excluding carboxylic acids is 2. The van der Waals surface area contributed by atoms with Crippen LogP contribution in [-0.4, -0.2) is 42.6 Å². The van der Waals surface area contributed by atoms with E-state index in [1.165, 1.54) is 0 Å². The highest BCUT2D eigenvalue weighted by Gasteiger charge is 2.37. The molecule has 1 aliphatic rings. The number of carboxylic acids is 1. The van der Waals surface area contributed by atoms with Gasteiger partial charge in [0.1, 0.15) is 11.8 Å². The number of aliphatic carboxylic acids is 1. The Morgan fingerprint density at radius 3 is 2.08 bits per heavy atom. The van der Waals surface area contributed by atoms with Crippen LogP contribution >= 0.6 is 0 Å².